The van der Waals surface area contributed by atoms with Crippen molar-refractivity contribution in [3.8, 4) is 5.88 Å². The van der Waals surface area contributed by atoms with Crippen LogP contribution in [0.15, 0.2) is 47.5 Å². The first-order valence-electron chi connectivity index (χ1n) is 10.3. The minimum atomic E-state index is -3.53. The second-order valence-electron chi connectivity index (χ2n) is 7.52. The molecule has 0 bridgehead atoms. The fourth-order valence-electron chi connectivity index (χ4n) is 3.45. The lowest BCUT2D eigenvalue weighted by Gasteiger charge is -2.30. The van der Waals surface area contributed by atoms with Crippen LogP contribution in [0.5, 0.6) is 5.88 Å². The van der Waals surface area contributed by atoms with Gasteiger partial charge in [0.15, 0.2) is 0 Å². The first-order valence-corrected chi connectivity index (χ1v) is 11.8. The molecule has 8 nitrogen and oxygen atoms in total. The summed E-state index contributed by atoms with van der Waals surface area (Å²) in [5.74, 6) is 0.164. The Morgan fingerprint density at radius 2 is 1.87 bits per heavy atom. The average Bonchev–Trinajstić information content (AvgIpc) is 2.79. The lowest BCUT2D eigenvalue weighted by molar-refractivity contribution is -0.126. The number of aromatic nitrogens is 1. The third-order valence-corrected chi connectivity index (χ3v) is 7.23. The van der Waals surface area contributed by atoms with Crippen molar-refractivity contribution in [2.45, 2.75) is 31.2 Å². The lowest BCUT2D eigenvalue weighted by Crippen LogP contribution is -2.42. The summed E-state index contributed by atoms with van der Waals surface area (Å²) < 4.78 is 37.7. The molecule has 0 spiro atoms. The van der Waals surface area contributed by atoms with Crippen LogP contribution in [0.25, 0.3) is 0 Å². The predicted molar refractivity (Wildman–Crippen MR) is 116 cm³/mol. The van der Waals surface area contributed by atoms with E-state index < -0.39 is 10.0 Å². The number of nitrogens with zero attached hydrogens (tertiary/aromatic N) is 2. The molecule has 9 heteroatoms. The van der Waals surface area contributed by atoms with E-state index in [1.165, 1.54) is 4.31 Å². The number of amides is 1. The average molecular weight is 448 g/mol. The van der Waals surface area contributed by atoms with Crippen LogP contribution in [-0.2, 0) is 26.1 Å². The highest BCUT2D eigenvalue weighted by Gasteiger charge is 2.32. The standard InChI is InChI=1S/C22H29N3O5S/c1-17-5-7-20(8-6-17)31(27,28)25-12-9-18(10-13-25)21(26)24-16-19-4-3-11-23-22(19)30-15-14-29-2/h3-8,11,18H,9-10,12-16H2,1-2H3,(H,24,26). The summed E-state index contributed by atoms with van der Waals surface area (Å²) in [4.78, 5) is 17.1. The summed E-state index contributed by atoms with van der Waals surface area (Å²) in [6.45, 7) is 3.70. The van der Waals surface area contributed by atoms with Gasteiger partial charge in [-0.1, -0.05) is 23.8 Å². The first-order chi connectivity index (χ1) is 14.9. The van der Waals surface area contributed by atoms with Crippen molar-refractivity contribution in [3.05, 3.63) is 53.7 Å². The number of carbonyl (C=O) groups excluding carboxylic acids is 1. The van der Waals surface area contributed by atoms with Crippen LogP contribution in [0, 0.1) is 12.8 Å². The molecule has 1 fully saturated rings. The molecular weight excluding hydrogens is 418 g/mol. The van der Waals surface area contributed by atoms with Crippen LogP contribution < -0.4 is 10.1 Å². The van der Waals surface area contributed by atoms with Gasteiger partial charge in [0.2, 0.25) is 21.8 Å². The van der Waals surface area contributed by atoms with Gasteiger partial charge in [0.1, 0.15) is 6.61 Å². The Morgan fingerprint density at radius 3 is 2.55 bits per heavy atom. The number of nitrogens with one attached hydrogen (secondary N) is 1. The Morgan fingerprint density at radius 1 is 1.16 bits per heavy atom. The second kappa shape index (κ2) is 10.7. The molecule has 0 radical (unpaired) electrons. The van der Waals surface area contributed by atoms with Gasteiger partial charge in [-0.3, -0.25) is 4.79 Å². The number of hydrogen-bond donors (Lipinski definition) is 1. The van der Waals surface area contributed by atoms with Crippen LogP contribution in [0.1, 0.15) is 24.0 Å². The molecule has 1 amide bonds. The van der Waals surface area contributed by atoms with E-state index in [9.17, 15) is 13.2 Å². The van der Waals surface area contributed by atoms with Crippen molar-refractivity contribution >= 4 is 15.9 Å². The normalized spacial score (nSPS) is 15.5. The van der Waals surface area contributed by atoms with Gasteiger partial charge in [-0.25, -0.2) is 13.4 Å². The number of methoxy groups -OCH3 is 1. The summed E-state index contributed by atoms with van der Waals surface area (Å²) in [6.07, 6.45) is 2.61. The smallest absolute Gasteiger partial charge is 0.243 e. The Bertz CT molecular complexity index is 971. The van der Waals surface area contributed by atoms with Crippen LogP contribution in [0.2, 0.25) is 0 Å². The molecular formula is C22H29N3O5S. The second-order valence-corrected chi connectivity index (χ2v) is 9.46. The lowest BCUT2D eigenvalue weighted by atomic mass is 9.97. The number of ether oxygens (including phenoxy) is 2. The minimum Gasteiger partial charge on any atom is -0.475 e. The Labute approximate surface area is 183 Å². The Balaban J connectivity index is 1.52. The van der Waals surface area contributed by atoms with Crippen molar-refractivity contribution < 1.29 is 22.7 Å². The zero-order chi connectivity index (χ0) is 22.3. The molecule has 2 heterocycles. The maximum absolute atomic E-state index is 12.8. The molecule has 168 valence electrons. The van der Waals surface area contributed by atoms with Crippen molar-refractivity contribution in [2.75, 3.05) is 33.4 Å². The van der Waals surface area contributed by atoms with Gasteiger partial charge < -0.3 is 14.8 Å². The largest absolute Gasteiger partial charge is 0.475 e. The highest BCUT2D eigenvalue weighted by atomic mass is 32.2. The summed E-state index contributed by atoms with van der Waals surface area (Å²) in [5.41, 5.74) is 1.79. The monoisotopic (exact) mass is 447 g/mol. The van der Waals surface area contributed by atoms with E-state index in [1.54, 1.807) is 43.6 Å². The van der Waals surface area contributed by atoms with Gasteiger partial charge in [-0.05, 0) is 38.0 Å². The molecule has 0 unspecified atom stereocenters. The minimum absolute atomic E-state index is 0.0842. The predicted octanol–water partition coefficient (Wildman–Crippen LogP) is 2.13. The van der Waals surface area contributed by atoms with Crippen molar-refractivity contribution in [2.24, 2.45) is 5.92 Å². The number of sulfonamides is 1. The molecule has 2 aromatic rings. The van der Waals surface area contributed by atoms with Gasteiger partial charge >= 0.3 is 0 Å². The number of pyridine rings is 1. The fourth-order valence-corrected chi connectivity index (χ4v) is 4.92. The van der Waals surface area contributed by atoms with Crippen LogP contribution >= 0.6 is 0 Å². The van der Waals surface area contributed by atoms with Crippen molar-refractivity contribution in [1.29, 1.82) is 0 Å². The van der Waals surface area contributed by atoms with Gasteiger partial charge in [-0.2, -0.15) is 4.31 Å². The van der Waals surface area contributed by atoms with Gasteiger partial charge in [0, 0.05) is 44.4 Å². The summed E-state index contributed by atoms with van der Waals surface area (Å²) in [7, 11) is -1.94. The molecule has 0 atom stereocenters. The van der Waals surface area contributed by atoms with Crippen LogP contribution in [0.4, 0.5) is 0 Å². The number of piperidine rings is 1. The van der Waals surface area contributed by atoms with E-state index >= 15 is 0 Å². The molecule has 31 heavy (non-hydrogen) atoms. The maximum atomic E-state index is 12.8. The zero-order valence-corrected chi connectivity index (χ0v) is 18.7. The topological polar surface area (TPSA) is 97.8 Å². The van der Waals surface area contributed by atoms with Crippen LogP contribution in [0.3, 0.4) is 0 Å². The zero-order valence-electron chi connectivity index (χ0n) is 17.9. The van der Waals surface area contributed by atoms with E-state index in [0.717, 1.165) is 11.1 Å². The van der Waals surface area contributed by atoms with E-state index in [4.69, 9.17) is 9.47 Å². The third-order valence-electron chi connectivity index (χ3n) is 5.31. The Kier molecular flexibility index (Phi) is 8.00. The van der Waals surface area contributed by atoms with E-state index in [-0.39, 0.29) is 11.8 Å². The molecule has 1 aromatic heterocycles. The molecule has 1 aliphatic rings. The van der Waals surface area contributed by atoms with E-state index in [2.05, 4.69) is 10.3 Å². The quantitative estimate of drug-likeness (QED) is 0.592. The number of benzene rings is 1. The number of aryl methyl sites for hydroxylation is 1. The molecule has 0 saturated carbocycles. The van der Waals surface area contributed by atoms with E-state index in [1.807, 2.05) is 13.0 Å². The molecule has 0 aliphatic carbocycles. The molecule has 1 saturated heterocycles. The van der Waals surface area contributed by atoms with Gasteiger partial charge in [-0.15, -0.1) is 0 Å². The SMILES string of the molecule is COCCOc1ncccc1CNC(=O)C1CCN(S(=O)(=O)c2ccc(C)cc2)CC1. The molecule has 1 N–H and O–H groups in total. The van der Waals surface area contributed by atoms with E-state index in [0.29, 0.717) is 56.5 Å². The molecule has 3 rings (SSSR count). The van der Waals surface area contributed by atoms with Gasteiger partial charge in [0.05, 0.1) is 11.5 Å². The number of hydrogen-bond acceptors (Lipinski definition) is 6. The first kappa shape index (κ1) is 23.2. The van der Waals surface area contributed by atoms with Crippen LogP contribution in [-0.4, -0.2) is 57.0 Å². The van der Waals surface area contributed by atoms with Crippen molar-refractivity contribution in [3.63, 3.8) is 0 Å². The summed E-state index contributed by atoms with van der Waals surface area (Å²) >= 11 is 0. The summed E-state index contributed by atoms with van der Waals surface area (Å²) in [5, 5.41) is 2.93. The van der Waals surface area contributed by atoms with Gasteiger partial charge in [0.25, 0.3) is 0 Å². The number of rotatable bonds is 9. The third kappa shape index (κ3) is 6.03. The van der Waals surface area contributed by atoms with Crippen molar-refractivity contribution in [1.82, 2.24) is 14.6 Å². The Hall–Kier alpha value is -2.49. The fraction of sp³-hybridized carbons (Fsp3) is 0.455. The summed E-state index contributed by atoms with van der Waals surface area (Å²) in [6, 6.07) is 10.5. The highest BCUT2D eigenvalue weighted by molar-refractivity contribution is 7.89. The molecule has 1 aliphatic heterocycles. The molecule has 1 aromatic carbocycles. The highest BCUT2D eigenvalue weighted by Crippen LogP contribution is 2.24. The number of carbonyl (C=O) groups is 1. The maximum Gasteiger partial charge on any atom is 0.243 e.